The Bertz CT molecular complexity index is 1510. The number of ketones is 1. The SMILES string of the molecule is COc1ccc(NC(=O)c2ccc(CN3C(=O)COc4ccc(C(=O)COc5ccc(F)cc5)cc43)o2)cc1. The number of halogens is 1. The summed E-state index contributed by atoms with van der Waals surface area (Å²) in [4.78, 5) is 39.6. The van der Waals surface area contributed by atoms with Gasteiger partial charge in [-0.25, -0.2) is 4.39 Å². The molecule has 0 atom stereocenters. The highest BCUT2D eigenvalue weighted by Gasteiger charge is 2.28. The average Bonchev–Trinajstić information content (AvgIpc) is 3.43. The summed E-state index contributed by atoms with van der Waals surface area (Å²) in [5.74, 6) is 0.349. The number of Topliss-reactive ketones (excluding diaryl/α,β-unsaturated/α-hetero) is 1. The molecule has 39 heavy (non-hydrogen) atoms. The van der Waals surface area contributed by atoms with Crippen molar-refractivity contribution in [2.75, 3.05) is 30.5 Å². The summed E-state index contributed by atoms with van der Waals surface area (Å²) in [6.07, 6.45) is 0. The molecule has 0 radical (unpaired) electrons. The quantitative estimate of drug-likeness (QED) is 0.308. The Balaban J connectivity index is 1.28. The average molecular weight is 531 g/mol. The molecule has 0 spiro atoms. The van der Waals surface area contributed by atoms with Crippen LogP contribution >= 0.6 is 0 Å². The first-order chi connectivity index (χ1) is 18.9. The Kier molecular flexibility index (Phi) is 7.26. The van der Waals surface area contributed by atoms with Gasteiger partial charge >= 0.3 is 0 Å². The summed E-state index contributed by atoms with van der Waals surface area (Å²) in [6.45, 7) is -0.432. The van der Waals surface area contributed by atoms with Gasteiger partial charge in [0.1, 0.15) is 28.8 Å². The van der Waals surface area contributed by atoms with Crippen molar-refractivity contribution in [3.05, 3.63) is 102 Å². The standard InChI is InChI=1S/C29H23FN2O7/c1-36-21-9-5-20(6-10-21)31-29(35)27-13-11-23(39-27)15-32-24-14-18(2-12-26(24)38-17-28(32)34)25(33)16-37-22-7-3-19(30)4-8-22/h2-14H,15-17H2,1H3,(H,31,35). The Morgan fingerprint density at radius 3 is 2.46 bits per heavy atom. The summed E-state index contributed by atoms with van der Waals surface area (Å²) in [6, 6.07) is 20.0. The monoisotopic (exact) mass is 530 g/mol. The molecule has 0 bridgehead atoms. The van der Waals surface area contributed by atoms with Gasteiger partial charge < -0.3 is 23.9 Å². The lowest BCUT2D eigenvalue weighted by molar-refractivity contribution is -0.121. The number of nitrogens with zero attached hydrogens (tertiary/aromatic N) is 1. The van der Waals surface area contributed by atoms with E-state index in [0.717, 1.165) is 0 Å². The number of fused-ring (bicyclic) bond motifs is 1. The van der Waals surface area contributed by atoms with Crippen LogP contribution in [0.1, 0.15) is 26.7 Å². The molecule has 0 saturated heterocycles. The van der Waals surface area contributed by atoms with Gasteiger partial charge in [0.05, 0.1) is 19.3 Å². The number of benzene rings is 3. The highest BCUT2D eigenvalue weighted by Crippen LogP contribution is 2.34. The van der Waals surface area contributed by atoms with E-state index in [2.05, 4.69) is 5.32 Å². The molecule has 5 rings (SSSR count). The fraction of sp³-hybridized carbons (Fsp3) is 0.138. The zero-order valence-corrected chi connectivity index (χ0v) is 20.8. The van der Waals surface area contributed by atoms with Crippen LogP contribution in [0.3, 0.4) is 0 Å². The van der Waals surface area contributed by atoms with Crippen molar-refractivity contribution in [1.29, 1.82) is 0 Å². The lowest BCUT2D eigenvalue weighted by Gasteiger charge is -2.29. The third-order valence-electron chi connectivity index (χ3n) is 5.95. The lowest BCUT2D eigenvalue weighted by atomic mass is 10.1. The third-order valence-corrected chi connectivity index (χ3v) is 5.95. The molecule has 1 aliphatic rings. The summed E-state index contributed by atoms with van der Waals surface area (Å²) in [5, 5.41) is 2.74. The second-order valence-corrected chi connectivity index (χ2v) is 8.57. The predicted molar refractivity (Wildman–Crippen MR) is 139 cm³/mol. The normalized spacial score (nSPS) is 12.4. The molecule has 0 saturated carbocycles. The smallest absolute Gasteiger partial charge is 0.291 e. The van der Waals surface area contributed by atoms with E-state index in [-0.39, 0.29) is 37.2 Å². The maximum atomic E-state index is 13.1. The molecule has 4 aromatic rings. The number of carbonyl (C=O) groups excluding carboxylic acids is 3. The first-order valence-corrected chi connectivity index (χ1v) is 11.9. The minimum atomic E-state index is -0.450. The lowest BCUT2D eigenvalue weighted by Crippen LogP contribution is -2.38. The highest BCUT2D eigenvalue weighted by molar-refractivity contribution is 6.03. The minimum absolute atomic E-state index is 0.0226. The first-order valence-electron chi connectivity index (χ1n) is 11.9. The van der Waals surface area contributed by atoms with Gasteiger partial charge in [0.25, 0.3) is 11.8 Å². The highest BCUT2D eigenvalue weighted by atomic mass is 19.1. The van der Waals surface area contributed by atoms with Crippen molar-refractivity contribution in [3.63, 3.8) is 0 Å². The van der Waals surface area contributed by atoms with Gasteiger partial charge in [-0.1, -0.05) is 0 Å². The molecule has 198 valence electrons. The Morgan fingerprint density at radius 1 is 0.974 bits per heavy atom. The zero-order chi connectivity index (χ0) is 27.4. The number of amides is 2. The second-order valence-electron chi connectivity index (χ2n) is 8.57. The van der Waals surface area contributed by atoms with Crippen LogP contribution in [0.5, 0.6) is 17.2 Å². The van der Waals surface area contributed by atoms with Crippen molar-refractivity contribution in [2.45, 2.75) is 6.54 Å². The number of furan rings is 1. The summed E-state index contributed by atoms with van der Waals surface area (Å²) < 4.78 is 34.9. The molecule has 0 unspecified atom stereocenters. The van der Waals surface area contributed by atoms with E-state index in [1.54, 1.807) is 55.6 Å². The van der Waals surface area contributed by atoms with Gasteiger partial charge in [0.2, 0.25) is 0 Å². The van der Waals surface area contributed by atoms with Crippen molar-refractivity contribution < 1.29 is 37.4 Å². The molecule has 10 heteroatoms. The molecular formula is C29H23FN2O7. The van der Waals surface area contributed by atoms with Crippen LogP contribution in [0.25, 0.3) is 0 Å². The molecule has 2 amide bonds. The number of anilines is 2. The van der Waals surface area contributed by atoms with Crippen LogP contribution in [0.15, 0.2) is 83.3 Å². The molecule has 9 nitrogen and oxygen atoms in total. The van der Waals surface area contributed by atoms with Gasteiger partial charge in [-0.05, 0) is 78.9 Å². The van der Waals surface area contributed by atoms with Crippen LogP contribution in [0, 0.1) is 5.82 Å². The summed E-state index contributed by atoms with van der Waals surface area (Å²) >= 11 is 0. The van der Waals surface area contributed by atoms with Crippen LogP contribution in [-0.4, -0.2) is 37.9 Å². The number of methoxy groups -OCH3 is 1. The van der Waals surface area contributed by atoms with Crippen LogP contribution in [0.2, 0.25) is 0 Å². The van der Waals surface area contributed by atoms with E-state index < -0.39 is 11.7 Å². The van der Waals surface area contributed by atoms with E-state index in [1.165, 1.54) is 35.2 Å². The molecule has 1 aliphatic heterocycles. The van der Waals surface area contributed by atoms with Gasteiger partial charge in [-0.15, -0.1) is 0 Å². The number of carbonyl (C=O) groups is 3. The molecular weight excluding hydrogens is 507 g/mol. The van der Waals surface area contributed by atoms with Crippen molar-refractivity contribution in [1.82, 2.24) is 0 Å². The van der Waals surface area contributed by atoms with Gasteiger partial charge in [0, 0.05) is 11.3 Å². The van der Waals surface area contributed by atoms with Gasteiger partial charge in [-0.2, -0.15) is 0 Å². The zero-order valence-electron chi connectivity index (χ0n) is 20.8. The molecule has 2 heterocycles. The predicted octanol–water partition coefficient (Wildman–Crippen LogP) is 4.87. The van der Waals surface area contributed by atoms with E-state index in [0.29, 0.717) is 39.9 Å². The Labute approximate surface area is 222 Å². The largest absolute Gasteiger partial charge is 0.497 e. The van der Waals surface area contributed by atoms with Crippen molar-refractivity contribution >= 4 is 29.0 Å². The minimum Gasteiger partial charge on any atom is -0.497 e. The van der Waals surface area contributed by atoms with E-state index in [9.17, 15) is 18.8 Å². The maximum absolute atomic E-state index is 13.1. The van der Waals surface area contributed by atoms with Crippen molar-refractivity contribution in [2.24, 2.45) is 0 Å². The van der Waals surface area contributed by atoms with Gasteiger partial charge in [0.15, 0.2) is 24.8 Å². The maximum Gasteiger partial charge on any atom is 0.291 e. The molecule has 3 aromatic carbocycles. The van der Waals surface area contributed by atoms with E-state index in [4.69, 9.17) is 18.6 Å². The Morgan fingerprint density at radius 2 is 1.72 bits per heavy atom. The van der Waals surface area contributed by atoms with Crippen LogP contribution in [-0.2, 0) is 11.3 Å². The molecule has 0 fully saturated rings. The van der Waals surface area contributed by atoms with E-state index in [1.807, 2.05) is 0 Å². The van der Waals surface area contributed by atoms with Crippen LogP contribution < -0.4 is 24.4 Å². The number of ether oxygens (including phenoxy) is 3. The third kappa shape index (κ3) is 5.90. The summed E-state index contributed by atoms with van der Waals surface area (Å²) in [5.41, 5.74) is 1.26. The fourth-order valence-electron chi connectivity index (χ4n) is 3.92. The molecule has 1 N–H and O–H groups in total. The van der Waals surface area contributed by atoms with Crippen molar-refractivity contribution in [3.8, 4) is 17.2 Å². The fourth-order valence-corrected chi connectivity index (χ4v) is 3.92. The second kappa shape index (κ2) is 11.1. The molecule has 1 aromatic heterocycles. The number of rotatable bonds is 9. The van der Waals surface area contributed by atoms with Gasteiger partial charge in [-0.3, -0.25) is 19.3 Å². The summed E-state index contributed by atoms with van der Waals surface area (Å²) in [7, 11) is 1.55. The first kappa shape index (κ1) is 25.5. The Hall–Kier alpha value is -5.12. The van der Waals surface area contributed by atoms with Crippen LogP contribution in [0.4, 0.5) is 15.8 Å². The number of nitrogens with one attached hydrogen (secondary N) is 1. The molecule has 0 aliphatic carbocycles. The van der Waals surface area contributed by atoms with E-state index >= 15 is 0 Å². The number of hydrogen-bond donors (Lipinski definition) is 1. The topological polar surface area (TPSA) is 107 Å². The number of hydrogen-bond acceptors (Lipinski definition) is 7.